The van der Waals surface area contributed by atoms with Crippen LogP contribution in [0.4, 0.5) is 0 Å². The van der Waals surface area contributed by atoms with Crippen LogP contribution in [0.2, 0.25) is 0 Å². The molecule has 0 aliphatic carbocycles. The largest absolute Gasteiger partial charge is 0.492 e. The summed E-state index contributed by atoms with van der Waals surface area (Å²) in [6, 6.07) is 11.5. The lowest BCUT2D eigenvalue weighted by atomic mass is 10.0. The fourth-order valence-corrected chi connectivity index (χ4v) is 3.16. The van der Waals surface area contributed by atoms with E-state index in [-0.39, 0.29) is 0 Å². The van der Waals surface area contributed by atoms with Crippen molar-refractivity contribution >= 4 is 0 Å². The van der Waals surface area contributed by atoms with Crippen molar-refractivity contribution in [3.63, 3.8) is 0 Å². The van der Waals surface area contributed by atoms with Gasteiger partial charge in [-0.15, -0.1) is 0 Å². The van der Waals surface area contributed by atoms with E-state index in [1.165, 1.54) is 25.7 Å². The molecule has 21 heavy (non-hydrogen) atoms. The predicted molar refractivity (Wildman–Crippen MR) is 88.9 cm³/mol. The van der Waals surface area contributed by atoms with E-state index in [1.54, 1.807) is 0 Å². The van der Waals surface area contributed by atoms with E-state index < -0.39 is 0 Å². The Kier molecular flexibility index (Phi) is 7.04. The average Bonchev–Trinajstić information content (AvgIpc) is 2.51. The molecule has 0 radical (unpaired) electrons. The maximum atomic E-state index is 5.87. The van der Waals surface area contributed by atoms with Gasteiger partial charge in [-0.2, -0.15) is 0 Å². The highest BCUT2D eigenvalue weighted by Crippen LogP contribution is 2.15. The number of rotatable bonds is 8. The lowest BCUT2D eigenvalue weighted by molar-refractivity contribution is 0.100. The van der Waals surface area contributed by atoms with Crippen LogP contribution in [0.3, 0.4) is 0 Å². The summed E-state index contributed by atoms with van der Waals surface area (Å²) in [5.41, 5.74) is 0. The summed E-state index contributed by atoms with van der Waals surface area (Å²) in [5, 5.41) is 3.71. The number of hydrogen-bond acceptors (Lipinski definition) is 3. The van der Waals surface area contributed by atoms with Crippen molar-refractivity contribution in [3.8, 4) is 5.75 Å². The number of nitrogens with zero attached hydrogens (tertiary/aromatic N) is 1. The van der Waals surface area contributed by atoms with E-state index in [0.717, 1.165) is 32.0 Å². The SMILES string of the molecule is CCCC1CN(CCOc2ccccc2)C(CCC)CN1. The Labute approximate surface area is 129 Å². The fraction of sp³-hybridized carbons (Fsp3) is 0.667. The first-order valence-corrected chi connectivity index (χ1v) is 8.48. The van der Waals surface area contributed by atoms with E-state index in [1.807, 2.05) is 30.3 Å². The van der Waals surface area contributed by atoms with Gasteiger partial charge in [0.15, 0.2) is 0 Å². The first-order valence-electron chi connectivity index (χ1n) is 8.48. The van der Waals surface area contributed by atoms with Crippen LogP contribution in [0, 0.1) is 0 Å². The number of benzene rings is 1. The molecule has 1 saturated heterocycles. The molecule has 1 aliphatic rings. The van der Waals surface area contributed by atoms with Gasteiger partial charge in [0.2, 0.25) is 0 Å². The van der Waals surface area contributed by atoms with Gasteiger partial charge in [0.25, 0.3) is 0 Å². The summed E-state index contributed by atoms with van der Waals surface area (Å²) in [6.45, 7) is 8.64. The molecule has 1 N–H and O–H groups in total. The normalized spacial score (nSPS) is 23.1. The quantitative estimate of drug-likeness (QED) is 0.795. The molecule has 2 rings (SSSR count). The second-order valence-corrected chi connectivity index (χ2v) is 5.99. The van der Waals surface area contributed by atoms with Crippen molar-refractivity contribution < 1.29 is 4.74 Å². The second kappa shape index (κ2) is 9.06. The van der Waals surface area contributed by atoms with Crippen molar-refractivity contribution in [1.82, 2.24) is 10.2 Å². The summed E-state index contributed by atoms with van der Waals surface area (Å²) in [5.74, 6) is 0.977. The Hall–Kier alpha value is -1.06. The molecule has 2 unspecified atom stereocenters. The van der Waals surface area contributed by atoms with Crippen molar-refractivity contribution in [3.05, 3.63) is 30.3 Å². The van der Waals surface area contributed by atoms with Gasteiger partial charge >= 0.3 is 0 Å². The monoisotopic (exact) mass is 290 g/mol. The Balaban J connectivity index is 1.81. The number of para-hydroxylation sites is 1. The van der Waals surface area contributed by atoms with Crippen LogP contribution in [0.1, 0.15) is 39.5 Å². The highest BCUT2D eigenvalue weighted by molar-refractivity contribution is 5.20. The van der Waals surface area contributed by atoms with Crippen LogP contribution >= 0.6 is 0 Å². The Morgan fingerprint density at radius 1 is 1.14 bits per heavy atom. The molecule has 118 valence electrons. The Bertz CT molecular complexity index is 382. The van der Waals surface area contributed by atoms with Gasteiger partial charge < -0.3 is 10.1 Å². The molecule has 3 nitrogen and oxygen atoms in total. The molecule has 1 aromatic rings. The summed E-state index contributed by atoms with van der Waals surface area (Å²) in [7, 11) is 0. The molecule has 0 saturated carbocycles. The van der Waals surface area contributed by atoms with E-state index in [9.17, 15) is 0 Å². The van der Waals surface area contributed by atoms with Gasteiger partial charge in [-0.1, -0.05) is 44.9 Å². The number of nitrogens with one attached hydrogen (secondary N) is 1. The minimum atomic E-state index is 0.653. The van der Waals surface area contributed by atoms with Crippen LogP contribution in [0.15, 0.2) is 30.3 Å². The summed E-state index contributed by atoms with van der Waals surface area (Å²) < 4.78 is 5.87. The third-order valence-corrected chi connectivity index (χ3v) is 4.26. The fourth-order valence-electron chi connectivity index (χ4n) is 3.16. The topological polar surface area (TPSA) is 24.5 Å². The second-order valence-electron chi connectivity index (χ2n) is 5.99. The minimum Gasteiger partial charge on any atom is -0.492 e. The summed E-state index contributed by atoms with van der Waals surface area (Å²) in [6.07, 6.45) is 5.05. The molecule has 0 amide bonds. The zero-order chi connectivity index (χ0) is 14.9. The van der Waals surface area contributed by atoms with Crippen LogP contribution in [0.25, 0.3) is 0 Å². The van der Waals surface area contributed by atoms with Crippen LogP contribution < -0.4 is 10.1 Å². The third-order valence-electron chi connectivity index (χ3n) is 4.26. The van der Waals surface area contributed by atoms with Crippen molar-refractivity contribution in [2.45, 2.75) is 51.6 Å². The molecular weight excluding hydrogens is 260 g/mol. The molecule has 0 aromatic heterocycles. The first kappa shape index (κ1) is 16.3. The summed E-state index contributed by atoms with van der Waals surface area (Å²) >= 11 is 0. The standard InChI is InChI=1S/C18H30N2O/c1-3-8-16-15-20(17(9-4-2)14-19-16)12-13-21-18-10-6-5-7-11-18/h5-7,10-11,16-17,19H,3-4,8-9,12-15H2,1-2H3. The lowest BCUT2D eigenvalue weighted by Gasteiger charge is -2.40. The van der Waals surface area contributed by atoms with Crippen molar-refractivity contribution in [1.29, 1.82) is 0 Å². The molecule has 0 bridgehead atoms. The van der Waals surface area contributed by atoms with Gasteiger partial charge in [-0.25, -0.2) is 0 Å². The van der Waals surface area contributed by atoms with E-state index in [4.69, 9.17) is 4.74 Å². The number of piperazine rings is 1. The van der Waals surface area contributed by atoms with Gasteiger partial charge in [-0.3, -0.25) is 4.90 Å². The highest BCUT2D eigenvalue weighted by Gasteiger charge is 2.26. The van der Waals surface area contributed by atoms with Crippen LogP contribution in [-0.4, -0.2) is 43.2 Å². The van der Waals surface area contributed by atoms with E-state index >= 15 is 0 Å². The molecule has 1 heterocycles. The number of ether oxygens (including phenoxy) is 1. The van der Waals surface area contributed by atoms with Crippen molar-refractivity contribution in [2.24, 2.45) is 0 Å². The van der Waals surface area contributed by atoms with Gasteiger partial charge in [0.1, 0.15) is 12.4 Å². The first-order chi connectivity index (χ1) is 10.3. The number of hydrogen-bond donors (Lipinski definition) is 1. The van der Waals surface area contributed by atoms with E-state index in [2.05, 4.69) is 24.1 Å². The highest BCUT2D eigenvalue weighted by atomic mass is 16.5. The minimum absolute atomic E-state index is 0.653. The van der Waals surface area contributed by atoms with Gasteiger partial charge in [-0.05, 0) is 25.0 Å². The molecule has 1 fully saturated rings. The predicted octanol–water partition coefficient (Wildman–Crippen LogP) is 3.31. The average molecular weight is 290 g/mol. The molecule has 0 spiro atoms. The molecule has 2 atom stereocenters. The van der Waals surface area contributed by atoms with Crippen LogP contribution in [-0.2, 0) is 0 Å². The Morgan fingerprint density at radius 2 is 1.90 bits per heavy atom. The molecule has 1 aromatic carbocycles. The van der Waals surface area contributed by atoms with Crippen LogP contribution in [0.5, 0.6) is 5.75 Å². The third kappa shape index (κ3) is 5.33. The van der Waals surface area contributed by atoms with E-state index in [0.29, 0.717) is 12.1 Å². The zero-order valence-electron chi connectivity index (χ0n) is 13.6. The smallest absolute Gasteiger partial charge is 0.119 e. The molecule has 3 heteroatoms. The molecular formula is C18H30N2O. The summed E-state index contributed by atoms with van der Waals surface area (Å²) in [4.78, 5) is 2.63. The van der Waals surface area contributed by atoms with Gasteiger partial charge in [0, 0.05) is 31.7 Å². The maximum Gasteiger partial charge on any atom is 0.119 e. The lowest BCUT2D eigenvalue weighted by Crippen LogP contribution is -2.57. The zero-order valence-corrected chi connectivity index (χ0v) is 13.6. The molecule has 1 aliphatic heterocycles. The maximum absolute atomic E-state index is 5.87. The van der Waals surface area contributed by atoms with Gasteiger partial charge in [0.05, 0.1) is 0 Å². The van der Waals surface area contributed by atoms with Crippen molar-refractivity contribution in [2.75, 3.05) is 26.2 Å². The Morgan fingerprint density at radius 3 is 2.62 bits per heavy atom.